The lowest BCUT2D eigenvalue weighted by Gasteiger charge is -2.13. The molecule has 0 aliphatic heterocycles. The van der Waals surface area contributed by atoms with E-state index in [0.29, 0.717) is 45.8 Å². The normalized spacial score (nSPS) is 12.6. The topological polar surface area (TPSA) is 64.7 Å². The summed E-state index contributed by atoms with van der Waals surface area (Å²) < 4.78 is 1.30. The first-order valence-corrected chi connectivity index (χ1v) is 11.0. The largest absolute Gasteiger partial charge is 0.289 e. The highest BCUT2D eigenvalue weighted by molar-refractivity contribution is 9.11. The molecule has 0 saturated heterocycles. The fraction of sp³-hybridized carbons (Fsp3) is 0.286. The van der Waals surface area contributed by atoms with Gasteiger partial charge in [-0.25, -0.2) is 0 Å². The van der Waals surface area contributed by atoms with Gasteiger partial charge in [-0.15, -0.1) is 23.2 Å². The summed E-state index contributed by atoms with van der Waals surface area (Å²) in [5.41, 5.74) is 2.76. The second-order valence-corrected chi connectivity index (χ2v) is 8.90. The van der Waals surface area contributed by atoms with Crippen LogP contribution in [0.1, 0.15) is 63.5 Å². The lowest BCUT2D eigenvalue weighted by Crippen LogP contribution is -2.05. The smallest absolute Gasteiger partial charge is 0.195 e. The van der Waals surface area contributed by atoms with Crippen LogP contribution in [-0.2, 0) is 0 Å². The van der Waals surface area contributed by atoms with Gasteiger partial charge in [0.05, 0.1) is 22.9 Å². The van der Waals surface area contributed by atoms with Gasteiger partial charge in [-0.2, -0.15) is 10.5 Å². The Morgan fingerprint density at radius 2 is 1.25 bits per heavy atom. The number of nitriles is 2. The maximum atomic E-state index is 13.0. The van der Waals surface area contributed by atoms with Crippen molar-refractivity contribution < 1.29 is 4.79 Å². The van der Waals surface area contributed by atoms with Gasteiger partial charge in [0, 0.05) is 32.9 Å². The molecular weight excluding hydrogens is 527 g/mol. The Morgan fingerprint density at radius 1 is 0.857 bits per heavy atom. The van der Waals surface area contributed by atoms with Gasteiger partial charge in [-0.1, -0.05) is 44.0 Å². The van der Waals surface area contributed by atoms with Crippen LogP contribution in [0, 0.1) is 22.7 Å². The molecule has 2 rings (SSSR count). The van der Waals surface area contributed by atoms with Gasteiger partial charge in [0.25, 0.3) is 0 Å². The number of nitrogens with zero attached hydrogens (tertiary/aromatic N) is 2. The molecule has 0 aliphatic carbocycles. The molecule has 0 amide bonds. The molecule has 0 radical (unpaired) electrons. The highest BCUT2D eigenvalue weighted by Gasteiger charge is 2.19. The third-order valence-electron chi connectivity index (χ3n) is 4.22. The van der Waals surface area contributed by atoms with E-state index in [0.717, 1.165) is 11.1 Å². The number of benzene rings is 2. The number of carbonyl (C=O) groups is 1. The van der Waals surface area contributed by atoms with E-state index >= 15 is 0 Å². The van der Waals surface area contributed by atoms with E-state index < -0.39 is 0 Å². The molecule has 28 heavy (non-hydrogen) atoms. The highest BCUT2D eigenvalue weighted by Crippen LogP contribution is 2.33. The molecular formula is C21H16Br2Cl2N2O. The highest BCUT2D eigenvalue weighted by atomic mass is 79.9. The maximum Gasteiger partial charge on any atom is 0.195 e. The first-order chi connectivity index (χ1) is 13.4. The van der Waals surface area contributed by atoms with Crippen molar-refractivity contribution in [1.29, 1.82) is 10.5 Å². The minimum Gasteiger partial charge on any atom is -0.289 e. The van der Waals surface area contributed by atoms with Gasteiger partial charge >= 0.3 is 0 Å². The third-order valence-corrected chi connectivity index (χ3v) is 6.47. The first-order valence-electron chi connectivity index (χ1n) is 8.54. The standard InChI is InChI=1S/C21H16Br2Cl2N2O/c22-17-11-13(19(24)3-1-9-26)5-7-15(17)21(28)16-8-6-14(12-18(16)23)20(25)4-2-10-27/h5-8,11-12,19-20H,1-4H2. The van der Waals surface area contributed by atoms with Gasteiger partial charge in [0.1, 0.15) is 0 Å². The van der Waals surface area contributed by atoms with E-state index in [2.05, 4.69) is 44.0 Å². The molecule has 2 unspecified atom stereocenters. The first kappa shape index (κ1) is 22.9. The number of alkyl halides is 2. The van der Waals surface area contributed by atoms with E-state index in [4.69, 9.17) is 33.7 Å². The summed E-state index contributed by atoms with van der Waals surface area (Å²) in [6.45, 7) is 0. The Hall–Kier alpha value is -1.37. The van der Waals surface area contributed by atoms with Crippen molar-refractivity contribution in [2.24, 2.45) is 0 Å². The van der Waals surface area contributed by atoms with Crippen molar-refractivity contribution in [3.63, 3.8) is 0 Å². The fourth-order valence-corrected chi connectivity index (χ4v) is 4.32. The van der Waals surface area contributed by atoms with Crippen LogP contribution in [0.2, 0.25) is 0 Å². The van der Waals surface area contributed by atoms with Gasteiger partial charge in [0.15, 0.2) is 5.78 Å². The number of ketones is 1. The predicted molar refractivity (Wildman–Crippen MR) is 119 cm³/mol. The van der Waals surface area contributed by atoms with Crippen molar-refractivity contribution in [3.05, 3.63) is 67.6 Å². The Kier molecular flexibility index (Phi) is 8.99. The molecule has 7 heteroatoms. The second kappa shape index (κ2) is 11.0. The number of rotatable bonds is 8. The van der Waals surface area contributed by atoms with E-state index in [1.54, 1.807) is 12.1 Å². The SMILES string of the molecule is N#CCCC(Cl)c1ccc(C(=O)c2ccc(C(Cl)CCC#N)cc2Br)c(Br)c1. The number of carbonyl (C=O) groups excluding carboxylic acids is 1. The van der Waals surface area contributed by atoms with Crippen molar-refractivity contribution >= 4 is 60.8 Å². The molecule has 0 spiro atoms. The molecule has 0 heterocycles. The summed E-state index contributed by atoms with van der Waals surface area (Å²) in [7, 11) is 0. The maximum absolute atomic E-state index is 13.0. The van der Waals surface area contributed by atoms with Crippen molar-refractivity contribution in [2.45, 2.75) is 36.4 Å². The van der Waals surface area contributed by atoms with E-state index in [-0.39, 0.29) is 16.5 Å². The zero-order valence-electron chi connectivity index (χ0n) is 14.8. The molecule has 0 aliphatic rings. The van der Waals surface area contributed by atoms with E-state index in [1.165, 1.54) is 0 Å². The fourth-order valence-electron chi connectivity index (χ4n) is 2.68. The summed E-state index contributed by atoms with van der Waals surface area (Å²) in [5, 5.41) is 16.8. The zero-order chi connectivity index (χ0) is 20.7. The Labute approximate surface area is 191 Å². The van der Waals surface area contributed by atoms with Crippen LogP contribution in [0.4, 0.5) is 0 Å². The molecule has 0 aromatic heterocycles. The van der Waals surface area contributed by atoms with Crippen LogP contribution in [0.25, 0.3) is 0 Å². The Morgan fingerprint density at radius 3 is 1.57 bits per heavy atom. The Bertz CT molecular complexity index is 875. The van der Waals surface area contributed by atoms with E-state index in [9.17, 15) is 4.79 Å². The quantitative estimate of drug-likeness (QED) is 0.255. The summed E-state index contributed by atoms with van der Waals surface area (Å²) >= 11 is 19.6. The Balaban J connectivity index is 2.24. The average Bonchev–Trinajstić information content (AvgIpc) is 2.69. The van der Waals surface area contributed by atoms with Crippen LogP contribution >= 0.6 is 55.1 Å². The molecule has 2 atom stereocenters. The molecule has 144 valence electrons. The van der Waals surface area contributed by atoms with Gasteiger partial charge in [0.2, 0.25) is 0 Å². The van der Waals surface area contributed by atoms with Crippen molar-refractivity contribution in [2.75, 3.05) is 0 Å². The zero-order valence-corrected chi connectivity index (χ0v) is 19.4. The number of hydrogen-bond donors (Lipinski definition) is 0. The van der Waals surface area contributed by atoms with Crippen LogP contribution in [0.3, 0.4) is 0 Å². The minimum absolute atomic E-state index is 0.136. The van der Waals surface area contributed by atoms with Gasteiger partial charge < -0.3 is 0 Å². The van der Waals surface area contributed by atoms with Gasteiger partial charge in [-0.05, 0) is 48.2 Å². The molecule has 0 saturated carbocycles. The van der Waals surface area contributed by atoms with Crippen LogP contribution in [0.15, 0.2) is 45.3 Å². The van der Waals surface area contributed by atoms with Crippen molar-refractivity contribution in [1.82, 2.24) is 0 Å². The summed E-state index contributed by atoms with van der Waals surface area (Å²) in [6, 6.07) is 14.9. The molecule has 2 aromatic carbocycles. The lowest BCUT2D eigenvalue weighted by molar-refractivity contribution is 0.103. The molecule has 0 fully saturated rings. The monoisotopic (exact) mass is 540 g/mol. The molecule has 0 N–H and O–H groups in total. The average molecular weight is 543 g/mol. The number of halogens is 4. The third kappa shape index (κ3) is 5.82. The molecule has 3 nitrogen and oxygen atoms in total. The van der Waals surface area contributed by atoms with E-state index in [1.807, 2.05) is 24.3 Å². The molecule has 0 bridgehead atoms. The van der Waals surface area contributed by atoms with Crippen LogP contribution in [0.5, 0.6) is 0 Å². The van der Waals surface area contributed by atoms with Crippen LogP contribution < -0.4 is 0 Å². The van der Waals surface area contributed by atoms with Crippen LogP contribution in [-0.4, -0.2) is 5.78 Å². The predicted octanol–water partition coefficient (Wildman–Crippen LogP) is 7.61. The second-order valence-electron chi connectivity index (χ2n) is 6.14. The van der Waals surface area contributed by atoms with Gasteiger partial charge in [-0.3, -0.25) is 4.79 Å². The summed E-state index contributed by atoms with van der Waals surface area (Å²) in [4.78, 5) is 13.0. The number of hydrogen-bond acceptors (Lipinski definition) is 3. The minimum atomic E-state index is -0.278. The molecule has 2 aromatic rings. The summed E-state index contributed by atoms with van der Waals surface area (Å²) in [6.07, 6.45) is 1.86. The summed E-state index contributed by atoms with van der Waals surface area (Å²) in [5.74, 6) is -0.136. The lowest BCUT2D eigenvalue weighted by atomic mass is 9.98. The van der Waals surface area contributed by atoms with Crippen molar-refractivity contribution in [3.8, 4) is 12.1 Å².